The number of anilines is 2. The van der Waals surface area contributed by atoms with Gasteiger partial charge in [0.05, 0.1) is 0 Å². The molecule has 4 heterocycles. The molecular formula is C28H40N6O. The summed E-state index contributed by atoms with van der Waals surface area (Å²) in [6.07, 6.45) is 12.8. The number of benzene rings is 1. The summed E-state index contributed by atoms with van der Waals surface area (Å²) in [5, 5.41) is 3.67. The number of nitrogens with zero attached hydrogens (tertiary/aromatic N) is 5. The number of hydrogen-bond donors (Lipinski definition) is 1. The first kappa shape index (κ1) is 24.0. The van der Waals surface area contributed by atoms with Crippen molar-refractivity contribution in [3.8, 4) is 0 Å². The largest absolute Gasteiger partial charge is 0.356 e. The molecule has 5 rings (SSSR count). The predicted molar refractivity (Wildman–Crippen MR) is 141 cm³/mol. The van der Waals surface area contributed by atoms with Crippen molar-refractivity contribution in [3.63, 3.8) is 0 Å². The SMILES string of the molecule is O=C(c1ccccc1)N1CCCC(N2CCCCC(Nc3nccc(N4CCCCCC4)n3)C2)C1. The van der Waals surface area contributed by atoms with E-state index in [-0.39, 0.29) is 5.91 Å². The molecule has 3 saturated heterocycles. The zero-order chi connectivity index (χ0) is 23.9. The normalized spacial score (nSPS) is 24.5. The fourth-order valence-corrected chi connectivity index (χ4v) is 5.90. The number of aromatic nitrogens is 2. The summed E-state index contributed by atoms with van der Waals surface area (Å²) in [4.78, 5) is 29.6. The van der Waals surface area contributed by atoms with Crippen LogP contribution in [0, 0.1) is 0 Å². The highest BCUT2D eigenvalue weighted by Gasteiger charge is 2.31. The maximum atomic E-state index is 13.1. The Bertz CT molecular complexity index is 945. The second-order valence-electron chi connectivity index (χ2n) is 10.4. The Morgan fingerprint density at radius 2 is 1.63 bits per heavy atom. The van der Waals surface area contributed by atoms with Crippen LogP contribution < -0.4 is 10.2 Å². The lowest BCUT2D eigenvalue weighted by Crippen LogP contribution is -2.51. The van der Waals surface area contributed by atoms with Crippen molar-refractivity contribution in [1.29, 1.82) is 0 Å². The first-order chi connectivity index (χ1) is 17.3. The van der Waals surface area contributed by atoms with E-state index in [9.17, 15) is 4.79 Å². The minimum atomic E-state index is 0.165. The highest BCUT2D eigenvalue weighted by molar-refractivity contribution is 5.94. The maximum absolute atomic E-state index is 13.1. The summed E-state index contributed by atoms with van der Waals surface area (Å²) in [7, 11) is 0. The van der Waals surface area contributed by atoms with Crippen LogP contribution in [0.2, 0.25) is 0 Å². The lowest BCUT2D eigenvalue weighted by atomic mass is 10.0. The van der Waals surface area contributed by atoms with E-state index in [1.54, 1.807) is 0 Å². The number of amides is 1. The molecule has 7 heteroatoms. The molecule has 0 aliphatic carbocycles. The minimum absolute atomic E-state index is 0.165. The summed E-state index contributed by atoms with van der Waals surface area (Å²) in [5.41, 5.74) is 0.796. The quantitative estimate of drug-likeness (QED) is 0.689. The van der Waals surface area contributed by atoms with Crippen LogP contribution in [0.5, 0.6) is 0 Å². The molecule has 1 amide bonds. The van der Waals surface area contributed by atoms with Gasteiger partial charge in [-0.15, -0.1) is 0 Å². The molecule has 2 unspecified atom stereocenters. The zero-order valence-corrected chi connectivity index (χ0v) is 20.9. The van der Waals surface area contributed by atoms with Gasteiger partial charge in [-0.2, -0.15) is 4.98 Å². The van der Waals surface area contributed by atoms with Crippen LogP contribution in [0.15, 0.2) is 42.6 Å². The summed E-state index contributed by atoms with van der Waals surface area (Å²) in [6, 6.07) is 12.5. The van der Waals surface area contributed by atoms with Crippen molar-refractivity contribution in [1.82, 2.24) is 19.8 Å². The zero-order valence-electron chi connectivity index (χ0n) is 20.9. The van der Waals surface area contributed by atoms with Crippen molar-refractivity contribution in [2.75, 3.05) is 49.5 Å². The predicted octanol–water partition coefficient (Wildman–Crippen LogP) is 4.43. The molecule has 1 N–H and O–H groups in total. The van der Waals surface area contributed by atoms with Gasteiger partial charge in [0.25, 0.3) is 5.91 Å². The van der Waals surface area contributed by atoms with Crippen molar-refractivity contribution in [3.05, 3.63) is 48.2 Å². The molecule has 1 aromatic heterocycles. The van der Waals surface area contributed by atoms with Gasteiger partial charge in [-0.3, -0.25) is 9.69 Å². The average molecular weight is 477 g/mol. The number of hydrogen-bond acceptors (Lipinski definition) is 6. The molecule has 7 nitrogen and oxygen atoms in total. The summed E-state index contributed by atoms with van der Waals surface area (Å²) in [6.45, 7) is 5.94. The molecule has 3 aliphatic rings. The van der Waals surface area contributed by atoms with Crippen molar-refractivity contribution < 1.29 is 4.79 Å². The number of rotatable bonds is 5. The lowest BCUT2D eigenvalue weighted by molar-refractivity contribution is 0.0575. The minimum Gasteiger partial charge on any atom is -0.356 e. The van der Waals surface area contributed by atoms with Gasteiger partial charge in [0.1, 0.15) is 5.82 Å². The molecule has 0 bridgehead atoms. The van der Waals surface area contributed by atoms with Gasteiger partial charge in [0.2, 0.25) is 5.95 Å². The Balaban J connectivity index is 1.21. The fourth-order valence-electron chi connectivity index (χ4n) is 5.90. The molecule has 3 aliphatic heterocycles. The van der Waals surface area contributed by atoms with E-state index in [1.807, 2.05) is 36.5 Å². The first-order valence-corrected chi connectivity index (χ1v) is 13.7. The highest BCUT2D eigenvalue weighted by atomic mass is 16.2. The fraction of sp³-hybridized carbons (Fsp3) is 0.607. The van der Waals surface area contributed by atoms with E-state index < -0.39 is 0 Å². The second kappa shape index (κ2) is 11.8. The van der Waals surface area contributed by atoms with Crippen LogP contribution in [-0.4, -0.2) is 77.0 Å². The molecule has 2 aromatic rings. The smallest absolute Gasteiger partial charge is 0.253 e. The Labute approximate surface area is 209 Å². The Morgan fingerprint density at radius 3 is 2.46 bits per heavy atom. The Kier molecular flexibility index (Phi) is 8.14. The molecule has 3 fully saturated rings. The monoisotopic (exact) mass is 476 g/mol. The summed E-state index contributed by atoms with van der Waals surface area (Å²) >= 11 is 0. The summed E-state index contributed by atoms with van der Waals surface area (Å²) in [5.74, 6) is 1.97. The highest BCUT2D eigenvalue weighted by Crippen LogP contribution is 2.24. The Hall–Kier alpha value is -2.67. The van der Waals surface area contributed by atoms with E-state index in [4.69, 9.17) is 4.98 Å². The third-order valence-corrected chi connectivity index (χ3v) is 7.83. The van der Waals surface area contributed by atoms with Crippen molar-refractivity contribution in [2.24, 2.45) is 0 Å². The van der Waals surface area contributed by atoms with Gasteiger partial charge in [-0.05, 0) is 63.3 Å². The van der Waals surface area contributed by atoms with E-state index in [0.29, 0.717) is 12.1 Å². The topological polar surface area (TPSA) is 64.6 Å². The number of carbonyl (C=O) groups is 1. The van der Waals surface area contributed by atoms with Crippen molar-refractivity contribution in [2.45, 2.75) is 69.9 Å². The molecule has 35 heavy (non-hydrogen) atoms. The summed E-state index contributed by atoms with van der Waals surface area (Å²) < 4.78 is 0. The van der Waals surface area contributed by atoms with E-state index in [2.05, 4.69) is 31.1 Å². The van der Waals surface area contributed by atoms with Crippen LogP contribution in [0.1, 0.15) is 68.1 Å². The van der Waals surface area contributed by atoms with Crippen molar-refractivity contribution >= 4 is 17.7 Å². The molecule has 0 radical (unpaired) electrons. The van der Waals surface area contributed by atoms with Crippen LogP contribution >= 0.6 is 0 Å². The van der Waals surface area contributed by atoms with Gasteiger partial charge in [-0.1, -0.05) is 37.5 Å². The van der Waals surface area contributed by atoms with E-state index >= 15 is 0 Å². The van der Waals surface area contributed by atoms with Crippen LogP contribution in [0.25, 0.3) is 0 Å². The standard InChI is InChI=1S/C28H40N6O/c35-27(23-11-4-3-5-12-23)34-20-10-14-25(22-34)33-19-9-6-13-24(21-33)30-28-29-16-15-26(31-28)32-17-7-1-2-8-18-32/h3-5,11-12,15-16,24-25H,1-2,6-10,13-14,17-22H2,(H,29,30,31). The van der Waals surface area contributed by atoms with Gasteiger partial charge < -0.3 is 15.1 Å². The Morgan fingerprint density at radius 1 is 0.829 bits per heavy atom. The molecule has 188 valence electrons. The van der Waals surface area contributed by atoms with E-state index in [1.165, 1.54) is 38.5 Å². The van der Waals surface area contributed by atoms with Gasteiger partial charge in [-0.25, -0.2) is 4.98 Å². The third-order valence-electron chi connectivity index (χ3n) is 7.83. The molecule has 2 atom stereocenters. The van der Waals surface area contributed by atoms with Crippen LogP contribution in [0.3, 0.4) is 0 Å². The van der Waals surface area contributed by atoms with Gasteiger partial charge >= 0.3 is 0 Å². The number of carbonyl (C=O) groups excluding carboxylic acids is 1. The molecular weight excluding hydrogens is 436 g/mol. The molecule has 0 spiro atoms. The van der Waals surface area contributed by atoms with Gasteiger partial charge in [0, 0.05) is 56.6 Å². The molecule has 0 saturated carbocycles. The number of likely N-dealkylation sites (tertiary alicyclic amines) is 2. The lowest BCUT2D eigenvalue weighted by Gasteiger charge is -2.40. The van der Waals surface area contributed by atoms with Gasteiger partial charge in [0.15, 0.2) is 0 Å². The van der Waals surface area contributed by atoms with E-state index in [0.717, 1.165) is 75.9 Å². The number of piperidine rings is 1. The second-order valence-corrected chi connectivity index (χ2v) is 10.4. The third kappa shape index (κ3) is 6.31. The van der Waals surface area contributed by atoms with Crippen LogP contribution in [0.4, 0.5) is 11.8 Å². The first-order valence-electron chi connectivity index (χ1n) is 13.7. The molecule has 1 aromatic carbocycles. The maximum Gasteiger partial charge on any atom is 0.253 e. The van der Waals surface area contributed by atoms with Crippen LogP contribution in [-0.2, 0) is 0 Å². The average Bonchev–Trinajstić information content (AvgIpc) is 3.33. The number of nitrogens with one attached hydrogen (secondary N) is 1.